The van der Waals surface area contributed by atoms with Crippen molar-refractivity contribution >= 4 is 5.69 Å². The van der Waals surface area contributed by atoms with Crippen LogP contribution in [0.2, 0.25) is 0 Å². The maximum absolute atomic E-state index is 4.40. The molecule has 3 nitrogen and oxygen atoms in total. The highest BCUT2D eigenvalue weighted by Crippen LogP contribution is 2.24. The molecule has 1 aliphatic heterocycles. The molecule has 0 aromatic carbocycles. The molecule has 1 N–H and O–H groups in total. The summed E-state index contributed by atoms with van der Waals surface area (Å²) in [5.41, 5.74) is 3.82. The Morgan fingerprint density at radius 3 is 2.81 bits per heavy atom. The number of nitrogens with one attached hydrogen (secondary N) is 1. The fraction of sp³-hybridized carbons (Fsp3) is 0.615. The Morgan fingerprint density at radius 2 is 2.12 bits per heavy atom. The van der Waals surface area contributed by atoms with E-state index in [2.05, 4.69) is 35.1 Å². The highest BCUT2D eigenvalue weighted by molar-refractivity contribution is 5.54. The van der Waals surface area contributed by atoms with Crippen molar-refractivity contribution in [2.45, 2.75) is 33.2 Å². The van der Waals surface area contributed by atoms with Crippen molar-refractivity contribution in [1.29, 1.82) is 0 Å². The summed E-state index contributed by atoms with van der Waals surface area (Å²) in [6.45, 7) is 8.53. The molecule has 2 heterocycles. The van der Waals surface area contributed by atoms with E-state index in [-0.39, 0.29) is 0 Å². The van der Waals surface area contributed by atoms with Crippen molar-refractivity contribution in [3.05, 3.63) is 23.5 Å². The van der Waals surface area contributed by atoms with E-state index >= 15 is 0 Å². The van der Waals surface area contributed by atoms with Crippen LogP contribution in [0, 0.1) is 6.92 Å². The molecule has 88 valence electrons. The van der Waals surface area contributed by atoms with Crippen LogP contribution >= 0.6 is 0 Å². The van der Waals surface area contributed by atoms with Gasteiger partial charge in [0.1, 0.15) is 0 Å². The lowest BCUT2D eigenvalue weighted by Gasteiger charge is -2.21. The van der Waals surface area contributed by atoms with E-state index < -0.39 is 0 Å². The Bertz CT molecular complexity index is 343. The van der Waals surface area contributed by atoms with Gasteiger partial charge in [-0.15, -0.1) is 0 Å². The summed E-state index contributed by atoms with van der Waals surface area (Å²) in [4.78, 5) is 6.88. The molecule has 1 saturated heterocycles. The van der Waals surface area contributed by atoms with Crippen LogP contribution in [0.25, 0.3) is 0 Å². The molecule has 0 atom stereocenters. The first-order valence-electron chi connectivity index (χ1n) is 6.22. The summed E-state index contributed by atoms with van der Waals surface area (Å²) in [7, 11) is 0. The average molecular weight is 219 g/mol. The number of nitrogens with zero attached hydrogens (tertiary/aromatic N) is 2. The molecule has 1 aromatic rings. The Kier molecular flexibility index (Phi) is 3.78. The fourth-order valence-corrected chi connectivity index (χ4v) is 2.22. The first kappa shape index (κ1) is 11.4. The van der Waals surface area contributed by atoms with Gasteiger partial charge in [-0.1, -0.05) is 6.92 Å². The van der Waals surface area contributed by atoms with Gasteiger partial charge in [0.15, 0.2) is 0 Å². The Labute approximate surface area is 97.9 Å². The predicted octanol–water partition coefficient (Wildman–Crippen LogP) is 2.10. The van der Waals surface area contributed by atoms with Crippen molar-refractivity contribution in [3.8, 4) is 0 Å². The normalized spacial score (nSPS) is 15.8. The summed E-state index contributed by atoms with van der Waals surface area (Å²) < 4.78 is 0. The van der Waals surface area contributed by atoms with Crippen LogP contribution in [0.5, 0.6) is 0 Å². The molecule has 0 radical (unpaired) electrons. The second-order valence-corrected chi connectivity index (χ2v) is 4.43. The first-order chi connectivity index (χ1) is 7.81. The zero-order chi connectivity index (χ0) is 11.4. The van der Waals surface area contributed by atoms with Gasteiger partial charge in [0.2, 0.25) is 0 Å². The third-order valence-electron chi connectivity index (χ3n) is 3.11. The SMILES string of the molecule is CCNCc1cnc(C)cc1N1CCCC1. The van der Waals surface area contributed by atoms with E-state index in [0.717, 1.165) is 18.8 Å². The molecule has 0 spiro atoms. The molecular formula is C13H21N3. The summed E-state index contributed by atoms with van der Waals surface area (Å²) in [6.07, 6.45) is 4.66. The topological polar surface area (TPSA) is 28.2 Å². The van der Waals surface area contributed by atoms with Gasteiger partial charge in [-0.05, 0) is 32.4 Å². The van der Waals surface area contributed by atoms with Gasteiger partial charge in [0, 0.05) is 42.8 Å². The lowest BCUT2D eigenvalue weighted by molar-refractivity contribution is 0.720. The van der Waals surface area contributed by atoms with Crippen molar-refractivity contribution in [3.63, 3.8) is 0 Å². The van der Waals surface area contributed by atoms with Crippen LogP contribution in [-0.4, -0.2) is 24.6 Å². The summed E-state index contributed by atoms with van der Waals surface area (Å²) in [5, 5.41) is 3.38. The van der Waals surface area contributed by atoms with Crippen molar-refractivity contribution in [1.82, 2.24) is 10.3 Å². The zero-order valence-corrected chi connectivity index (χ0v) is 10.3. The zero-order valence-electron chi connectivity index (χ0n) is 10.3. The Balaban J connectivity index is 2.21. The number of hydrogen-bond acceptors (Lipinski definition) is 3. The lowest BCUT2D eigenvalue weighted by atomic mass is 10.2. The minimum atomic E-state index is 0.926. The van der Waals surface area contributed by atoms with Crippen LogP contribution in [0.4, 0.5) is 5.69 Å². The molecule has 1 aliphatic rings. The van der Waals surface area contributed by atoms with Crippen molar-refractivity contribution in [2.75, 3.05) is 24.5 Å². The fourth-order valence-electron chi connectivity index (χ4n) is 2.22. The van der Waals surface area contributed by atoms with Crippen molar-refractivity contribution < 1.29 is 0 Å². The van der Waals surface area contributed by atoms with E-state index in [0.29, 0.717) is 0 Å². The first-order valence-corrected chi connectivity index (χ1v) is 6.22. The van der Waals surface area contributed by atoms with Crippen molar-refractivity contribution in [2.24, 2.45) is 0 Å². The molecule has 1 fully saturated rings. The van der Waals surface area contributed by atoms with Crippen LogP contribution in [-0.2, 0) is 6.54 Å². The minimum absolute atomic E-state index is 0.926. The third kappa shape index (κ3) is 2.53. The Morgan fingerprint density at radius 1 is 1.38 bits per heavy atom. The second kappa shape index (κ2) is 5.30. The predicted molar refractivity (Wildman–Crippen MR) is 67.8 cm³/mol. The minimum Gasteiger partial charge on any atom is -0.371 e. The molecule has 0 bridgehead atoms. The number of rotatable bonds is 4. The number of pyridine rings is 1. The molecule has 16 heavy (non-hydrogen) atoms. The van der Waals surface area contributed by atoms with Gasteiger partial charge in [0.25, 0.3) is 0 Å². The summed E-state index contributed by atoms with van der Waals surface area (Å²) >= 11 is 0. The molecule has 2 rings (SSSR count). The van der Waals surface area contributed by atoms with E-state index in [4.69, 9.17) is 0 Å². The van der Waals surface area contributed by atoms with Crippen LogP contribution in [0.15, 0.2) is 12.3 Å². The number of anilines is 1. The van der Waals surface area contributed by atoms with Gasteiger partial charge in [-0.2, -0.15) is 0 Å². The molecule has 0 amide bonds. The van der Waals surface area contributed by atoms with Crippen LogP contribution in [0.1, 0.15) is 31.0 Å². The monoisotopic (exact) mass is 219 g/mol. The van der Waals surface area contributed by atoms with E-state index in [1.54, 1.807) is 0 Å². The maximum atomic E-state index is 4.40. The number of aromatic nitrogens is 1. The quantitative estimate of drug-likeness (QED) is 0.840. The van der Waals surface area contributed by atoms with E-state index in [1.807, 2.05) is 6.20 Å². The van der Waals surface area contributed by atoms with E-state index in [9.17, 15) is 0 Å². The third-order valence-corrected chi connectivity index (χ3v) is 3.11. The Hall–Kier alpha value is -1.09. The maximum Gasteiger partial charge on any atom is 0.0445 e. The van der Waals surface area contributed by atoms with Crippen LogP contribution in [0.3, 0.4) is 0 Å². The average Bonchev–Trinajstić information content (AvgIpc) is 2.80. The van der Waals surface area contributed by atoms with Gasteiger partial charge in [0.05, 0.1) is 0 Å². The summed E-state index contributed by atoms with van der Waals surface area (Å²) in [6, 6.07) is 2.22. The molecule has 0 aliphatic carbocycles. The molecule has 1 aromatic heterocycles. The lowest BCUT2D eigenvalue weighted by Crippen LogP contribution is -2.22. The van der Waals surface area contributed by atoms with Gasteiger partial charge < -0.3 is 10.2 Å². The highest BCUT2D eigenvalue weighted by Gasteiger charge is 2.15. The highest BCUT2D eigenvalue weighted by atomic mass is 15.1. The number of aryl methyl sites for hydroxylation is 1. The van der Waals surface area contributed by atoms with Crippen LogP contribution < -0.4 is 10.2 Å². The van der Waals surface area contributed by atoms with E-state index in [1.165, 1.54) is 37.2 Å². The summed E-state index contributed by atoms with van der Waals surface area (Å²) in [5.74, 6) is 0. The standard InChI is InChI=1S/C13H21N3/c1-3-14-9-12-10-15-11(2)8-13(12)16-6-4-5-7-16/h8,10,14H,3-7,9H2,1-2H3. The molecular weight excluding hydrogens is 198 g/mol. The largest absolute Gasteiger partial charge is 0.371 e. The smallest absolute Gasteiger partial charge is 0.0445 e. The van der Waals surface area contributed by atoms with Gasteiger partial charge in [-0.3, -0.25) is 4.98 Å². The molecule has 0 unspecified atom stereocenters. The molecule has 0 saturated carbocycles. The second-order valence-electron chi connectivity index (χ2n) is 4.43. The molecule has 3 heteroatoms. The van der Waals surface area contributed by atoms with Gasteiger partial charge in [-0.25, -0.2) is 0 Å². The van der Waals surface area contributed by atoms with Gasteiger partial charge >= 0.3 is 0 Å². The number of hydrogen-bond donors (Lipinski definition) is 1.